The molecule has 0 radical (unpaired) electrons. The van der Waals surface area contributed by atoms with Crippen LogP contribution in [-0.4, -0.2) is 43.8 Å². The number of amides is 2. The zero-order chi connectivity index (χ0) is 27.6. The number of nitrogens with zero attached hydrogens (tertiary/aromatic N) is 2. The second kappa shape index (κ2) is 11.3. The van der Waals surface area contributed by atoms with Crippen LogP contribution in [0.25, 0.3) is 10.8 Å². The Bertz CT molecular complexity index is 1460. The zero-order valence-electron chi connectivity index (χ0n) is 22.1. The molecular weight excluding hydrogens is 517 g/mol. The van der Waals surface area contributed by atoms with Crippen LogP contribution in [0.1, 0.15) is 57.4 Å². The van der Waals surface area contributed by atoms with E-state index in [-0.39, 0.29) is 48.1 Å². The Balaban J connectivity index is 1.29. The second-order valence-corrected chi connectivity index (χ2v) is 12.3. The van der Waals surface area contributed by atoms with E-state index in [0.717, 1.165) is 31.1 Å². The lowest BCUT2D eigenvalue weighted by molar-refractivity contribution is -0.141. The predicted molar refractivity (Wildman–Crippen MR) is 149 cm³/mol. The minimum Gasteiger partial charge on any atom is -0.352 e. The van der Waals surface area contributed by atoms with Gasteiger partial charge >= 0.3 is 0 Å². The normalized spacial score (nSPS) is 17.2. The molecule has 1 heterocycles. The number of sulfonamides is 1. The Labute approximate surface area is 229 Å². The Morgan fingerprint density at radius 2 is 1.72 bits per heavy atom. The highest BCUT2D eigenvalue weighted by atomic mass is 32.2. The summed E-state index contributed by atoms with van der Waals surface area (Å²) in [6, 6.07) is 16.0. The lowest BCUT2D eigenvalue weighted by Gasteiger charge is -2.31. The van der Waals surface area contributed by atoms with E-state index in [4.69, 9.17) is 0 Å². The maximum absolute atomic E-state index is 13.5. The molecule has 1 fully saturated rings. The number of halogens is 1. The first-order valence-corrected chi connectivity index (χ1v) is 15.1. The van der Waals surface area contributed by atoms with Crippen LogP contribution < -0.4 is 9.62 Å². The van der Waals surface area contributed by atoms with Gasteiger partial charge in [0.1, 0.15) is 11.9 Å². The molecule has 2 amide bonds. The topological polar surface area (TPSA) is 86.8 Å². The highest BCUT2D eigenvalue weighted by Gasteiger charge is 2.35. The van der Waals surface area contributed by atoms with Gasteiger partial charge in [0.25, 0.3) is 10.0 Å². The van der Waals surface area contributed by atoms with Gasteiger partial charge in [-0.05, 0) is 61.4 Å². The quantitative estimate of drug-likeness (QED) is 0.399. The fraction of sp³-hybridized carbons (Fsp3) is 0.400. The predicted octanol–water partition coefficient (Wildman–Crippen LogP) is 5.13. The number of benzene rings is 3. The number of carbonyl (C=O) groups is 2. The highest BCUT2D eigenvalue weighted by Crippen LogP contribution is 2.42. The van der Waals surface area contributed by atoms with Gasteiger partial charge in [-0.3, -0.25) is 13.9 Å². The number of carbonyl (C=O) groups excluding carboxylic acids is 2. The Morgan fingerprint density at radius 1 is 1.03 bits per heavy atom. The summed E-state index contributed by atoms with van der Waals surface area (Å²) in [6.07, 6.45) is 5.56. The number of anilines is 1. The fourth-order valence-electron chi connectivity index (χ4n) is 5.65. The van der Waals surface area contributed by atoms with E-state index < -0.39 is 16.1 Å². The number of hydrogen-bond donors (Lipinski definition) is 1. The molecule has 0 spiro atoms. The zero-order valence-corrected chi connectivity index (χ0v) is 22.9. The first kappa shape index (κ1) is 27.1. The Hall–Kier alpha value is -3.46. The smallest absolute Gasteiger partial charge is 0.265 e. The molecule has 206 valence electrons. The number of hydrogen-bond acceptors (Lipinski definition) is 4. The molecule has 0 bridgehead atoms. The van der Waals surface area contributed by atoms with E-state index in [9.17, 15) is 22.4 Å². The van der Waals surface area contributed by atoms with Crippen LogP contribution in [-0.2, 0) is 26.2 Å². The summed E-state index contributed by atoms with van der Waals surface area (Å²) in [4.78, 5) is 28.4. The molecule has 1 aliphatic carbocycles. The van der Waals surface area contributed by atoms with Crippen molar-refractivity contribution in [3.63, 3.8) is 0 Å². The monoisotopic (exact) mass is 551 g/mol. The van der Waals surface area contributed by atoms with Crippen LogP contribution in [0, 0.1) is 5.82 Å². The molecular formula is C30H34FN3O4S. The van der Waals surface area contributed by atoms with Crippen molar-refractivity contribution in [3.05, 3.63) is 72.0 Å². The molecule has 7 nitrogen and oxygen atoms in total. The third-order valence-electron chi connectivity index (χ3n) is 7.82. The molecule has 3 aromatic rings. The molecule has 5 rings (SSSR count). The van der Waals surface area contributed by atoms with E-state index >= 15 is 0 Å². The molecule has 0 aromatic heterocycles. The van der Waals surface area contributed by atoms with Gasteiger partial charge in [0.05, 0.1) is 10.6 Å². The fourth-order valence-corrected chi connectivity index (χ4v) is 7.40. The molecule has 3 aromatic carbocycles. The molecule has 1 unspecified atom stereocenters. The summed E-state index contributed by atoms with van der Waals surface area (Å²) < 4.78 is 41.4. The van der Waals surface area contributed by atoms with Gasteiger partial charge in [0.2, 0.25) is 11.8 Å². The SMILES string of the molecule is CC(C(=O)NC1CCCCC1)N(Cc1ccc(F)cc1)C(=O)CCCN1c2cccc3cccc(c23)S1(=O)=O. The first-order chi connectivity index (χ1) is 18.8. The van der Waals surface area contributed by atoms with Crippen molar-refractivity contribution in [1.82, 2.24) is 10.2 Å². The highest BCUT2D eigenvalue weighted by molar-refractivity contribution is 7.93. The lowest BCUT2D eigenvalue weighted by Crippen LogP contribution is -2.50. The third kappa shape index (κ3) is 5.64. The van der Waals surface area contributed by atoms with E-state index in [2.05, 4.69) is 5.32 Å². The standard InChI is InChI=1S/C30H34FN3O4S/c1-21(30(36)32-25-10-3-2-4-11-25)33(20-22-15-17-24(31)18-16-22)28(35)14-7-19-34-26-12-5-8-23-9-6-13-27(29(23)26)39(34,37)38/h5-6,8-9,12-13,15-18,21,25H,2-4,7,10-11,14,19-20H2,1H3,(H,32,36). The molecule has 1 aliphatic heterocycles. The van der Waals surface area contributed by atoms with Crippen molar-refractivity contribution >= 4 is 38.3 Å². The van der Waals surface area contributed by atoms with Crippen LogP contribution in [0.15, 0.2) is 65.6 Å². The molecule has 1 saturated carbocycles. The van der Waals surface area contributed by atoms with E-state index in [1.54, 1.807) is 37.3 Å². The molecule has 2 aliphatic rings. The van der Waals surface area contributed by atoms with Crippen LogP contribution >= 0.6 is 0 Å². The van der Waals surface area contributed by atoms with Crippen molar-refractivity contribution in [3.8, 4) is 0 Å². The molecule has 1 N–H and O–H groups in total. The van der Waals surface area contributed by atoms with Crippen molar-refractivity contribution in [2.45, 2.75) is 75.4 Å². The van der Waals surface area contributed by atoms with Gasteiger partial charge in [-0.25, -0.2) is 12.8 Å². The molecule has 0 saturated heterocycles. The maximum Gasteiger partial charge on any atom is 0.265 e. The maximum atomic E-state index is 13.5. The van der Waals surface area contributed by atoms with E-state index in [0.29, 0.717) is 23.1 Å². The van der Waals surface area contributed by atoms with Crippen LogP contribution in [0.2, 0.25) is 0 Å². The van der Waals surface area contributed by atoms with Gasteiger partial charge in [-0.2, -0.15) is 0 Å². The van der Waals surface area contributed by atoms with Crippen molar-refractivity contribution in [2.75, 3.05) is 10.8 Å². The van der Waals surface area contributed by atoms with Crippen molar-refractivity contribution < 1.29 is 22.4 Å². The Morgan fingerprint density at radius 3 is 2.44 bits per heavy atom. The van der Waals surface area contributed by atoms with Gasteiger partial charge in [-0.15, -0.1) is 0 Å². The van der Waals surface area contributed by atoms with Crippen LogP contribution in [0.4, 0.5) is 10.1 Å². The summed E-state index contributed by atoms with van der Waals surface area (Å²) in [6.45, 7) is 2.02. The lowest BCUT2D eigenvalue weighted by atomic mass is 9.95. The summed E-state index contributed by atoms with van der Waals surface area (Å²) in [5.41, 5.74) is 1.34. The van der Waals surface area contributed by atoms with Gasteiger partial charge in [-0.1, -0.05) is 55.7 Å². The van der Waals surface area contributed by atoms with Gasteiger partial charge < -0.3 is 10.2 Å². The summed E-state index contributed by atoms with van der Waals surface area (Å²) in [5.74, 6) is -0.831. The summed E-state index contributed by atoms with van der Waals surface area (Å²) >= 11 is 0. The minimum atomic E-state index is -3.71. The average Bonchev–Trinajstić information content (AvgIpc) is 3.16. The molecule has 9 heteroatoms. The average molecular weight is 552 g/mol. The Kier molecular flexibility index (Phi) is 7.88. The largest absolute Gasteiger partial charge is 0.352 e. The van der Waals surface area contributed by atoms with Crippen molar-refractivity contribution in [1.29, 1.82) is 0 Å². The molecule has 39 heavy (non-hydrogen) atoms. The molecule has 1 atom stereocenters. The van der Waals surface area contributed by atoms with Crippen LogP contribution in [0.3, 0.4) is 0 Å². The number of nitrogens with one attached hydrogen (secondary N) is 1. The van der Waals surface area contributed by atoms with Gasteiger partial charge in [0, 0.05) is 30.9 Å². The first-order valence-electron chi connectivity index (χ1n) is 13.6. The van der Waals surface area contributed by atoms with Gasteiger partial charge in [0.15, 0.2) is 0 Å². The summed E-state index contributed by atoms with van der Waals surface area (Å²) in [7, 11) is -3.71. The van der Waals surface area contributed by atoms with E-state index in [1.165, 1.54) is 27.8 Å². The minimum absolute atomic E-state index is 0.0700. The van der Waals surface area contributed by atoms with E-state index in [1.807, 2.05) is 18.2 Å². The third-order valence-corrected chi connectivity index (χ3v) is 9.67. The van der Waals surface area contributed by atoms with Crippen molar-refractivity contribution in [2.24, 2.45) is 0 Å². The number of rotatable bonds is 9. The van der Waals surface area contributed by atoms with Crippen LogP contribution in [0.5, 0.6) is 0 Å². The second-order valence-electron chi connectivity index (χ2n) is 10.5. The summed E-state index contributed by atoms with van der Waals surface area (Å²) in [5, 5.41) is 4.66.